The van der Waals surface area contributed by atoms with Crippen molar-refractivity contribution < 1.29 is 0 Å². The highest BCUT2D eigenvalue weighted by atomic mass is 15.1. The molecule has 2 atom stereocenters. The Kier molecular flexibility index (Phi) is 3.53. The lowest BCUT2D eigenvalue weighted by Gasteiger charge is -2.32. The van der Waals surface area contributed by atoms with Gasteiger partial charge in [0.1, 0.15) is 0 Å². The van der Waals surface area contributed by atoms with E-state index in [-0.39, 0.29) is 0 Å². The first-order chi connectivity index (χ1) is 8.29. The molecule has 2 fully saturated rings. The SMILES string of the molecule is CC1=CCCN(CCC2CC3CCC(C2)N3)C1. The van der Waals surface area contributed by atoms with E-state index >= 15 is 0 Å². The smallest absolute Gasteiger partial charge is 0.0190 e. The van der Waals surface area contributed by atoms with E-state index in [0.29, 0.717) is 0 Å². The minimum Gasteiger partial charge on any atom is -0.311 e. The van der Waals surface area contributed by atoms with Crippen LogP contribution in [-0.2, 0) is 0 Å². The maximum atomic E-state index is 3.74. The van der Waals surface area contributed by atoms with E-state index in [1.807, 2.05) is 0 Å². The summed E-state index contributed by atoms with van der Waals surface area (Å²) in [4.78, 5) is 2.65. The van der Waals surface area contributed by atoms with Crippen LogP contribution in [0.1, 0.15) is 45.4 Å². The lowest BCUT2D eigenvalue weighted by molar-refractivity contribution is 0.225. The lowest BCUT2D eigenvalue weighted by Crippen LogP contribution is -2.39. The van der Waals surface area contributed by atoms with Crippen LogP contribution in [0.15, 0.2) is 11.6 Å². The fourth-order valence-electron chi connectivity index (χ4n) is 3.96. The van der Waals surface area contributed by atoms with Crippen LogP contribution in [0.3, 0.4) is 0 Å². The maximum Gasteiger partial charge on any atom is 0.0190 e. The lowest BCUT2D eigenvalue weighted by atomic mass is 9.89. The molecule has 0 aliphatic carbocycles. The summed E-state index contributed by atoms with van der Waals surface area (Å²) in [5.41, 5.74) is 1.57. The summed E-state index contributed by atoms with van der Waals surface area (Å²) in [5, 5.41) is 3.74. The van der Waals surface area contributed by atoms with Crippen LogP contribution < -0.4 is 5.32 Å². The fraction of sp³-hybridized carbons (Fsp3) is 0.867. The van der Waals surface area contributed by atoms with Gasteiger partial charge in [0.05, 0.1) is 0 Å². The van der Waals surface area contributed by atoms with E-state index in [4.69, 9.17) is 0 Å². The summed E-state index contributed by atoms with van der Waals surface area (Å²) in [6.45, 7) is 6.11. The fourth-order valence-corrected chi connectivity index (χ4v) is 3.96. The van der Waals surface area contributed by atoms with E-state index in [2.05, 4.69) is 23.2 Å². The molecule has 17 heavy (non-hydrogen) atoms. The molecule has 3 aliphatic rings. The van der Waals surface area contributed by atoms with Crippen molar-refractivity contribution >= 4 is 0 Å². The van der Waals surface area contributed by atoms with Gasteiger partial charge in [0.25, 0.3) is 0 Å². The molecule has 2 heteroatoms. The summed E-state index contributed by atoms with van der Waals surface area (Å²) in [6, 6.07) is 1.73. The number of piperidine rings is 1. The van der Waals surface area contributed by atoms with Gasteiger partial charge in [-0.25, -0.2) is 0 Å². The van der Waals surface area contributed by atoms with E-state index in [1.165, 1.54) is 58.2 Å². The molecule has 3 heterocycles. The van der Waals surface area contributed by atoms with Gasteiger partial charge in [0.2, 0.25) is 0 Å². The van der Waals surface area contributed by atoms with Crippen molar-refractivity contribution in [2.75, 3.05) is 19.6 Å². The summed E-state index contributed by atoms with van der Waals surface area (Å²) in [6.07, 6.45) is 10.9. The normalized spacial score (nSPS) is 38.2. The van der Waals surface area contributed by atoms with Crippen molar-refractivity contribution in [3.8, 4) is 0 Å². The highest BCUT2D eigenvalue weighted by molar-refractivity contribution is 5.04. The van der Waals surface area contributed by atoms with Crippen LogP contribution in [0.5, 0.6) is 0 Å². The molecule has 1 N–H and O–H groups in total. The Morgan fingerprint density at radius 3 is 2.76 bits per heavy atom. The summed E-state index contributed by atoms with van der Waals surface area (Å²) >= 11 is 0. The van der Waals surface area contributed by atoms with Crippen molar-refractivity contribution in [1.82, 2.24) is 10.2 Å². The Hall–Kier alpha value is -0.340. The molecule has 0 radical (unpaired) electrons. The predicted octanol–water partition coefficient (Wildman–Crippen LogP) is 2.56. The van der Waals surface area contributed by atoms with Crippen LogP contribution in [0, 0.1) is 5.92 Å². The highest BCUT2D eigenvalue weighted by Gasteiger charge is 2.33. The van der Waals surface area contributed by atoms with E-state index in [9.17, 15) is 0 Å². The van der Waals surface area contributed by atoms with Gasteiger partial charge >= 0.3 is 0 Å². The van der Waals surface area contributed by atoms with E-state index < -0.39 is 0 Å². The first-order valence-corrected chi connectivity index (χ1v) is 7.43. The molecule has 0 saturated carbocycles. The summed E-state index contributed by atoms with van der Waals surface area (Å²) in [5.74, 6) is 1.000. The number of nitrogens with one attached hydrogen (secondary N) is 1. The van der Waals surface area contributed by atoms with Crippen molar-refractivity contribution in [3.63, 3.8) is 0 Å². The zero-order valence-corrected chi connectivity index (χ0v) is 11.1. The highest BCUT2D eigenvalue weighted by Crippen LogP contribution is 2.32. The number of fused-ring (bicyclic) bond motifs is 2. The topological polar surface area (TPSA) is 15.3 Å². The minimum absolute atomic E-state index is 0.863. The van der Waals surface area contributed by atoms with Gasteiger partial charge in [-0.15, -0.1) is 0 Å². The maximum absolute atomic E-state index is 3.74. The number of nitrogens with zero attached hydrogens (tertiary/aromatic N) is 1. The predicted molar refractivity (Wildman–Crippen MR) is 72.1 cm³/mol. The molecule has 96 valence electrons. The average Bonchev–Trinajstić information content (AvgIpc) is 2.66. The van der Waals surface area contributed by atoms with Crippen LogP contribution >= 0.6 is 0 Å². The summed E-state index contributed by atoms with van der Waals surface area (Å²) in [7, 11) is 0. The summed E-state index contributed by atoms with van der Waals surface area (Å²) < 4.78 is 0. The molecule has 2 saturated heterocycles. The average molecular weight is 234 g/mol. The second-order valence-electron chi connectivity index (χ2n) is 6.38. The molecule has 0 aromatic rings. The molecule has 0 aromatic heterocycles. The van der Waals surface area contributed by atoms with Crippen LogP contribution in [0.2, 0.25) is 0 Å². The van der Waals surface area contributed by atoms with Crippen molar-refractivity contribution in [3.05, 3.63) is 11.6 Å². The molecular formula is C15H26N2. The number of rotatable bonds is 3. The zero-order chi connectivity index (χ0) is 11.7. The molecule has 3 aliphatic heterocycles. The number of hydrogen-bond acceptors (Lipinski definition) is 2. The second kappa shape index (κ2) is 5.11. The van der Waals surface area contributed by atoms with Gasteiger partial charge in [-0.3, -0.25) is 4.90 Å². The third-order valence-electron chi connectivity index (χ3n) is 4.84. The monoisotopic (exact) mass is 234 g/mol. The van der Waals surface area contributed by atoms with Gasteiger partial charge in [0, 0.05) is 25.2 Å². The first-order valence-electron chi connectivity index (χ1n) is 7.43. The quantitative estimate of drug-likeness (QED) is 0.755. The van der Waals surface area contributed by atoms with E-state index in [1.54, 1.807) is 5.57 Å². The van der Waals surface area contributed by atoms with Gasteiger partial charge in [-0.05, 0) is 57.9 Å². The Morgan fingerprint density at radius 2 is 2.06 bits per heavy atom. The van der Waals surface area contributed by atoms with Gasteiger partial charge in [-0.1, -0.05) is 11.6 Å². The van der Waals surface area contributed by atoms with Gasteiger partial charge in [0.15, 0.2) is 0 Å². The Balaban J connectivity index is 1.44. The van der Waals surface area contributed by atoms with Crippen LogP contribution in [-0.4, -0.2) is 36.6 Å². The minimum atomic E-state index is 0.863. The third kappa shape index (κ3) is 2.92. The molecule has 0 aromatic carbocycles. The zero-order valence-electron chi connectivity index (χ0n) is 11.1. The standard InChI is InChI=1S/C15H26N2/c1-12-3-2-7-17(11-12)8-6-13-9-14-4-5-15(10-13)16-14/h3,13-16H,2,4-11H2,1H3. The molecule has 3 rings (SSSR count). The molecule has 2 nitrogen and oxygen atoms in total. The molecule has 2 unspecified atom stereocenters. The Bertz CT molecular complexity index is 285. The molecule has 2 bridgehead atoms. The van der Waals surface area contributed by atoms with Crippen LogP contribution in [0.4, 0.5) is 0 Å². The van der Waals surface area contributed by atoms with Crippen molar-refractivity contribution in [1.29, 1.82) is 0 Å². The largest absolute Gasteiger partial charge is 0.311 e. The number of hydrogen-bond donors (Lipinski definition) is 1. The Labute approximate surface area is 105 Å². The third-order valence-corrected chi connectivity index (χ3v) is 4.84. The van der Waals surface area contributed by atoms with E-state index in [0.717, 1.165) is 18.0 Å². The van der Waals surface area contributed by atoms with Gasteiger partial charge < -0.3 is 5.32 Å². The Morgan fingerprint density at radius 1 is 1.29 bits per heavy atom. The van der Waals surface area contributed by atoms with Crippen LogP contribution in [0.25, 0.3) is 0 Å². The molecule has 0 spiro atoms. The van der Waals surface area contributed by atoms with Crippen molar-refractivity contribution in [2.24, 2.45) is 5.92 Å². The molecular weight excluding hydrogens is 208 g/mol. The first kappa shape index (κ1) is 11.7. The van der Waals surface area contributed by atoms with Crippen molar-refractivity contribution in [2.45, 2.75) is 57.5 Å². The second-order valence-corrected chi connectivity index (χ2v) is 6.38. The van der Waals surface area contributed by atoms with Gasteiger partial charge in [-0.2, -0.15) is 0 Å². The molecule has 0 amide bonds.